The third-order valence-corrected chi connectivity index (χ3v) is 6.38. The van der Waals surface area contributed by atoms with Crippen molar-refractivity contribution in [2.45, 2.75) is 10.9 Å². The lowest BCUT2D eigenvalue weighted by molar-refractivity contribution is 0.102. The molecule has 0 unspecified atom stereocenters. The zero-order valence-electron chi connectivity index (χ0n) is 14.5. The Morgan fingerprint density at radius 2 is 1.96 bits per heavy atom. The van der Waals surface area contributed by atoms with Crippen molar-refractivity contribution < 1.29 is 17.9 Å². The van der Waals surface area contributed by atoms with E-state index in [1.54, 1.807) is 49.6 Å². The fourth-order valence-corrected chi connectivity index (χ4v) is 4.44. The van der Waals surface area contributed by atoms with Gasteiger partial charge in [0.2, 0.25) is 5.13 Å². The van der Waals surface area contributed by atoms with E-state index in [-0.39, 0.29) is 20.1 Å². The Labute approximate surface area is 170 Å². The van der Waals surface area contributed by atoms with Crippen molar-refractivity contribution in [3.05, 3.63) is 64.7 Å². The molecule has 28 heavy (non-hydrogen) atoms. The second-order valence-corrected chi connectivity index (χ2v) is 8.79. The van der Waals surface area contributed by atoms with Gasteiger partial charge in [0, 0.05) is 12.8 Å². The largest absolute Gasteiger partial charge is 0.380 e. The number of carbonyl (C=O) groups excluding carboxylic acids is 1. The summed E-state index contributed by atoms with van der Waals surface area (Å²) < 4.78 is 32.2. The summed E-state index contributed by atoms with van der Waals surface area (Å²) in [6.07, 6.45) is 0. The van der Waals surface area contributed by atoms with Gasteiger partial charge < -0.3 is 4.74 Å². The van der Waals surface area contributed by atoms with Gasteiger partial charge in [-0.2, -0.15) is 8.42 Å². The number of amides is 1. The monoisotopic (exact) mass is 438 g/mol. The van der Waals surface area contributed by atoms with Crippen LogP contribution in [0, 0.1) is 0 Å². The zero-order valence-corrected chi connectivity index (χ0v) is 16.9. The van der Waals surface area contributed by atoms with Crippen LogP contribution in [0.25, 0.3) is 0 Å². The zero-order chi connectivity index (χ0) is 20.1. The van der Waals surface area contributed by atoms with Gasteiger partial charge in [-0.15, -0.1) is 10.2 Å². The van der Waals surface area contributed by atoms with E-state index < -0.39 is 15.9 Å². The maximum Gasteiger partial charge on any atom is 0.291 e. The van der Waals surface area contributed by atoms with E-state index >= 15 is 0 Å². The first-order chi connectivity index (χ1) is 13.4. The van der Waals surface area contributed by atoms with E-state index in [0.717, 1.165) is 16.9 Å². The minimum absolute atomic E-state index is 0.0402. The Bertz CT molecular complexity index is 1100. The molecule has 0 saturated heterocycles. The molecule has 8 nitrogen and oxygen atoms in total. The van der Waals surface area contributed by atoms with E-state index in [0.29, 0.717) is 12.3 Å². The van der Waals surface area contributed by atoms with Crippen LogP contribution in [-0.4, -0.2) is 31.6 Å². The molecule has 3 rings (SSSR count). The number of sulfonamides is 1. The Morgan fingerprint density at radius 3 is 2.71 bits per heavy atom. The van der Waals surface area contributed by atoms with Crippen molar-refractivity contribution >= 4 is 49.7 Å². The lowest BCUT2D eigenvalue weighted by Crippen LogP contribution is -2.13. The standard InChI is InChI=1S/C17H15ClN4O4S2/c1-26-10-11-5-4-6-12(9-11)22-28(24,25)17-21-20-16(27-17)19-15(23)13-7-2-3-8-14(13)18/h2-9,22H,10H2,1H3,(H,19,20,23). The minimum atomic E-state index is -3.96. The van der Waals surface area contributed by atoms with Crippen molar-refractivity contribution in [1.82, 2.24) is 10.2 Å². The van der Waals surface area contributed by atoms with Gasteiger partial charge in [-0.25, -0.2) is 0 Å². The summed E-state index contributed by atoms with van der Waals surface area (Å²) in [6, 6.07) is 13.3. The summed E-state index contributed by atoms with van der Waals surface area (Å²) in [5.74, 6) is -0.508. The first kappa shape index (κ1) is 20.2. The highest BCUT2D eigenvalue weighted by atomic mass is 35.5. The van der Waals surface area contributed by atoms with Crippen molar-refractivity contribution in [2.75, 3.05) is 17.1 Å². The molecule has 3 aromatic rings. The predicted molar refractivity (Wildman–Crippen MR) is 107 cm³/mol. The number of aromatic nitrogens is 2. The number of nitrogens with zero attached hydrogens (tertiary/aromatic N) is 2. The number of anilines is 2. The average Bonchev–Trinajstić information content (AvgIpc) is 3.12. The molecule has 11 heteroatoms. The summed E-state index contributed by atoms with van der Waals surface area (Å²) in [4.78, 5) is 12.3. The minimum Gasteiger partial charge on any atom is -0.380 e. The molecular formula is C17H15ClN4O4S2. The van der Waals surface area contributed by atoms with Crippen LogP contribution in [-0.2, 0) is 21.4 Å². The first-order valence-electron chi connectivity index (χ1n) is 7.89. The molecule has 0 bridgehead atoms. The molecule has 0 atom stereocenters. The summed E-state index contributed by atoms with van der Waals surface area (Å²) in [5, 5.41) is 10.2. The molecule has 1 amide bonds. The quantitative estimate of drug-likeness (QED) is 0.547. The maximum absolute atomic E-state index is 12.5. The van der Waals surface area contributed by atoms with Crippen LogP contribution in [0.4, 0.5) is 10.8 Å². The van der Waals surface area contributed by atoms with Crippen LogP contribution in [0.1, 0.15) is 15.9 Å². The summed E-state index contributed by atoms with van der Waals surface area (Å²) in [7, 11) is -2.40. The third-order valence-electron chi connectivity index (χ3n) is 3.47. The molecule has 0 radical (unpaired) electrons. The summed E-state index contributed by atoms with van der Waals surface area (Å²) >= 11 is 6.71. The number of hydrogen-bond donors (Lipinski definition) is 2. The SMILES string of the molecule is COCc1cccc(NS(=O)(=O)c2nnc(NC(=O)c3ccccc3Cl)s2)c1. The highest BCUT2D eigenvalue weighted by Crippen LogP contribution is 2.24. The van der Waals surface area contributed by atoms with Gasteiger partial charge in [0.05, 0.1) is 17.2 Å². The van der Waals surface area contributed by atoms with Crippen LogP contribution in [0.2, 0.25) is 5.02 Å². The van der Waals surface area contributed by atoms with Crippen molar-refractivity contribution in [3.8, 4) is 0 Å². The average molecular weight is 439 g/mol. The number of halogens is 1. The number of benzene rings is 2. The second kappa shape index (κ2) is 8.65. The molecule has 146 valence electrons. The number of carbonyl (C=O) groups is 1. The van der Waals surface area contributed by atoms with Crippen molar-refractivity contribution in [2.24, 2.45) is 0 Å². The lowest BCUT2D eigenvalue weighted by atomic mass is 10.2. The molecule has 0 fully saturated rings. The van der Waals surface area contributed by atoms with Gasteiger partial charge in [-0.05, 0) is 29.8 Å². The second-order valence-electron chi connectivity index (χ2n) is 5.55. The Hall–Kier alpha value is -2.53. The molecule has 0 aliphatic heterocycles. The highest BCUT2D eigenvalue weighted by Gasteiger charge is 2.22. The Morgan fingerprint density at radius 1 is 1.18 bits per heavy atom. The van der Waals surface area contributed by atoms with Gasteiger partial charge in [0.25, 0.3) is 20.3 Å². The number of nitrogens with one attached hydrogen (secondary N) is 2. The normalized spacial score (nSPS) is 11.2. The van der Waals surface area contributed by atoms with E-state index in [1.807, 2.05) is 6.07 Å². The topological polar surface area (TPSA) is 110 Å². The third kappa shape index (κ3) is 4.84. The van der Waals surface area contributed by atoms with Gasteiger partial charge in [0.1, 0.15) is 0 Å². The smallest absolute Gasteiger partial charge is 0.291 e. The highest BCUT2D eigenvalue weighted by molar-refractivity contribution is 7.94. The lowest BCUT2D eigenvalue weighted by Gasteiger charge is -2.07. The van der Waals surface area contributed by atoms with Crippen LogP contribution in [0.5, 0.6) is 0 Å². The van der Waals surface area contributed by atoms with E-state index in [2.05, 4.69) is 20.2 Å². The van der Waals surface area contributed by atoms with Gasteiger partial charge in [0.15, 0.2) is 0 Å². The van der Waals surface area contributed by atoms with Crippen molar-refractivity contribution in [3.63, 3.8) is 0 Å². The van der Waals surface area contributed by atoms with Gasteiger partial charge in [-0.3, -0.25) is 14.8 Å². The fraction of sp³-hybridized carbons (Fsp3) is 0.118. The van der Waals surface area contributed by atoms with Crippen LogP contribution in [0.3, 0.4) is 0 Å². The molecule has 2 N–H and O–H groups in total. The van der Waals surface area contributed by atoms with E-state index in [1.165, 1.54) is 0 Å². The van der Waals surface area contributed by atoms with Crippen LogP contribution < -0.4 is 10.0 Å². The number of hydrogen-bond acceptors (Lipinski definition) is 7. The van der Waals surface area contributed by atoms with Gasteiger partial charge in [-0.1, -0.05) is 47.2 Å². The van der Waals surface area contributed by atoms with Gasteiger partial charge >= 0.3 is 0 Å². The number of ether oxygens (including phenoxy) is 1. The Balaban J connectivity index is 1.74. The predicted octanol–water partition coefficient (Wildman–Crippen LogP) is 3.39. The molecular weight excluding hydrogens is 424 g/mol. The van der Waals surface area contributed by atoms with Crippen LogP contribution in [0.15, 0.2) is 52.9 Å². The Kier molecular flexibility index (Phi) is 6.25. The molecule has 0 aliphatic rings. The number of methoxy groups -OCH3 is 1. The molecule has 2 aromatic carbocycles. The molecule has 0 spiro atoms. The maximum atomic E-state index is 12.5. The molecule has 0 saturated carbocycles. The fourth-order valence-electron chi connectivity index (χ4n) is 2.27. The van der Waals surface area contributed by atoms with E-state index in [9.17, 15) is 13.2 Å². The first-order valence-corrected chi connectivity index (χ1v) is 10.6. The number of rotatable bonds is 7. The summed E-state index contributed by atoms with van der Waals surface area (Å²) in [6.45, 7) is 0.354. The van der Waals surface area contributed by atoms with Crippen LogP contribution >= 0.6 is 22.9 Å². The molecule has 1 heterocycles. The molecule has 0 aliphatic carbocycles. The summed E-state index contributed by atoms with van der Waals surface area (Å²) in [5.41, 5.74) is 1.43. The van der Waals surface area contributed by atoms with E-state index in [4.69, 9.17) is 16.3 Å². The van der Waals surface area contributed by atoms with Crippen molar-refractivity contribution in [1.29, 1.82) is 0 Å². The molecule has 1 aromatic heterocycles.